The Balaban J connectivity index is 2.37. The van der Waals surface area contributed by atoms with E-state index in [1.807, 2.05) is 12.1 Å². The first-order valence-electron chi connectivity index (χ1n) is 6.01. The monoisotopic (exact) mass is 233 g/mol. The third kappa shape index (κ3) is 4.79. The standard InChI is InChI=1S/C13H19N3O/c1-3-11(2)12-5-7-13(8-6-12)17-10-4-9-15-16-14/h5-8,11H,3-4,9-10H2,1-2H3. The van der Waals surface area contributed by atoms with Gasteiger partial charge in [-0.25, -0.2) is 0 Å². The number of nitrogens with zero attached hydrogens (tertiary/aromatic N) is 3. The van der Waals surface area contributed by atoms with Gasteiger partial charge in [-0.15, -0.1) is 0 Å². The zero-order chi connectivity index (χ0) is 12.5. The summed E-state index contributed by atoms with van der Waals surface area (Å²) in [7, 11) is 0. The summed E-state index contributed by atoms with van der Waals surface area (Å²) in [5.41, 5.74) is 9.45. The zero-order valence-electron chi connectivity index (χ0n) is 10.5. The lowest BCUT2D eigenvalue weighted by Crippen LogP contribution is -1.99. The third-order valence-electron chi connectivity index (χ3n) is 2.80. The maximum atomic E-state index is 8.11. The van der Waals surface area contributed by atoms with Crippen molar-refractivity contribution in [2.24, 2.45) is 5.11 Å². The number of ether oxygens (including phenoxy) is 1. The van der Waals surface area contributed by atoms with E-state index in [1.165, 1.54) is 5.56 Å². The van der Waals surface area contributed by atoms with Crippen LogP contribution in [0.1, 0.15) is 38.2 Å². The molecule has 4 heteroatoms. The molecule has 1 aromatic rings. The van der Waals surface area contributed by atoms with E-state index in [-0.39, 0.29) is 0 Å². The van der Waals surface area contributed by atoms with Gasteiger partial charge in [0.1, 0.15) is 5.75 Å². The van der Waals surface area contributed by atoms with Crippen molar-refractivity contribution in [1.29, 1.82) is 0 Å². The highest BCUT2D eigenvalue weighted by atomic mass is 16.5. The first kappa shape index (κ1) is 13.4. The van der Waals surface area contributed by atoms with Gasteiger partial charge in [0.15, 0.2) is 0 Å². The first-order valence-corrected chi connectivity index (χ1v) is 6.01. The van der Waals surface area contributed by atoms with Gasteiger partial charge in [0.2, 0.25) is 0 Å². The Kier molecular flexibility index (Phi) is 5.97. The molecule has 1 atom stereocenters. The fourth-order valence-electron chi connectivity index (χ4n) is 1.50. The second kappa shape index (κ2) is 7.58. The maximum absolute atomic E-state index is 8.11. The molecular formula is C13H19N3O. The number of benzene rings is 1. The van der Waals surface area contributed by atoms with Gasteiger partial charge in [0.05, 0.1) is 6.61 Å². The Morgan fingerprint density at radius 2 is 2.06 bits per heavy atom. The quantitative estimate of drug-likeness (QED) is 0.300. The molecule has 17 heavy (non-hydrogen) atoms. The van der Waals surface area contributed by atoms with E-state index in [1.54, 1.807) is 0 Å². The lowest BCUT2D eigenvalue weighted by Gasteiger charge is -2.10. The van der Waals surface area contributed by atoms with E-state index in [0.29, 0.717) is 19.1 Å². The summed E-state index contributed by atoms with van der Waals surface area (Å²) in [6.07, 6.45) is 1.89. The van der Waals surface area contributed by atoms with Crippen LogP contribution in [0, 0.1) is 0 Å². The molecule has 0 amide bonds. The topological polar surface area (TPSA) is 58.0 Å². The Bertz CT molecular complexity index is 369. The van der Waals surface area contributed by atoms with Crippen LogP contribution in [-0.4, -0.2) is 13.2 Å². The van der Waals surface area contributed by atoms with Crippen LogP contribution in [0.2, 0.25) is 0 Å². The Morgan fingerprint density at radius 3 is 2.65 bits per heavy atom. The molecule has 0 fully saturated rings. The van der Waals surface area contributed by atoms with E-state index in [9.17, 15) is 0 Å². The van der Waals surface area contributed by atoms with E-state index in [4.69, 9.17) is 10.3 Å². The molecule has 0 N–H and O–H groups in total. The SMILES string of the molecule is CCC(C)c1ccc(OCCCN=[N+]=[N-])cc1. The number of hydrogen-bond donors (Lipinski definition) is 0. The molecule has 0 spiro atoms. The average molecular weight is 233 g/mol. The Hall–Kier alpha value is -1.67. The normalized spacial score (nSPS) is 11.6. The molecule has 0 aromatic heterocycles. The first-order chi connectivity index (χ1) is 8.27. The maximum Gasteiger partial charge on any atom is 0.119 e. The lowest BCUT2D eigenvalue weighted by atomic mass is 9.99. The smallest absolute Gasteiger partial charge is 0.119 e. The molecule has 0 saturated heterocycles. The van der Waals surface area contributed by atoms with Crippen molar-refractivity contribution in [1.82, 2.24) is 0 Å². The minimum Gasteiger partial charge on any atom is -0.494 e. The highest BCUT2D eigenvalue weighted by Crippen LogP contribution is 2.21. The van der Waals surface area contributed by atoms with Gasteiger partial charge >= 0.3 is 0 Å². The van der Waals surface area contributed by atoms with Crippen molar-refractivity contribution in [3.63, 3.8) is 0 Å². The van der Waals surface area contributed by atoms with E-state index in [2.05, 4.69) is 36.0 Å². The zero-order valence-corrected chi connectivity index (χ0v) is 10.5. The summed E-state index contributed by atoms with van der Waals surface area (Å²) >= 11 is 0. The van der Waals surface area contributed by atoms with Crippen molar-refractivity contribution < 1.29 is 4.74 Å². The second-order valence-electron chi connectivity index (χ2n) is 4.03. The largest absolute Gasteiger partial charge is 0.494 e. The van der Waals surface area contributed by atoms with Gasteiger partial charge in [0, 0.05) is 11.5 Å². The van der Waals surface area contributed by atoms with Gasteiger partial charge < -0.3 is 4.74 Å². The third-order valence-corrected chi connectivity index (χ3v) is 2.80. The number of rotatable bonds is 7. The van der Waals surface area contributed by atoms with Crippen molar-refractivity contribution in [3.05, 3.63) is 40.3 Å². The van der Waals surface area contributed by atoms with Crippen LogP contribution >= 0.6 is 0 Å². The van der Waals surface area contributed by atoms with Crippen LogP contribution in [0.25, 0.3) is 10.4 Å². The summed E-state index contributed by atoms with van der Waals surface area (Å²) in [6.45, 7) is 5.48. The van der Waals surface area contributed by atoms with Gasteiger partial charge in [0.25, 0.3) is 0 Å². The predicted octanol–water partition coefficient (Wildman–Crippen LogP) is 4.28. The summed E-state index contributed by atoms with van der Waals surface area (Å²) in [4.78, 5) is 2.69. The van der Waals surface area contributed by atoms with Crippen LogP contribution in [0.5, 0.6) is 5.75 Å². The number of azide groups is 1. The van der Waals surface area contributed by atoms with Crippen molar-refractivity contribution in [3.8, 4) is 5.75 Å². The van der Waals surface area contributed by atoms with E-state index >= 15 is 0 Å². The summed E-state index contributed by atoms with van der Waals surface area (Å²) in [5.74, 6) is 1.46. The lowest BCUT2D eigenvalue weighted by molar-refractivity contribution is 0.313. The van der Waals surface area contributed by atoms with Crippen LogP contribution < -0.4 is 4.74 Å². The van der Waals surface area contributed by atoms with Gasteiger partial charge in [-0.05, 0) is 42.0 Å². The molecule has 0 bridgehead atoms. The number of hydrogen-bond acceptors (Lipinski definition) is 2. The van der Waals surface area contributed by atoms with Crippen LogP contribution in [0.15, 0.2) is 29.4 Å². The Labute approximate surface area is 102 Å². The summed E-state index contributed by atoms with van der Waals surface area (Å²) < 4.78 is 5.54. The molecule has 0 radical (unpaired) electrons. The van der Waals surface area contributed by atoms with Crippen molar-refractivity contribution in [2.45, 2.75) is 32.6 Å². The molecule has 1 unspecified atom stereocenters. The van der Waals surface area contributed by atoms with E-state index < -0.39 is 0 Å². The fraction of sp³-hybridized carbons (Fsp3) is 0.538. The van der Waals surface area contributed by atoms with Gasteiger partial charge in [-0.3, -0.25) is 0 Å². The molecule has 0 heterocycles. The fourth-order valence-corrected chi connectivity index (χ4v) is 1.50. The highest BCUT2D eigenvalue weighted by molar-refractivity contribution is 5.29. The summed E-state index contributed by atoms with van der Waals surface area (Å²) in [6, 6.07) is 8.21. The minimum absolute atomic E-state index is 0.488. The predicted molar refractivity (Wildman–Crippen MR) is 69.3 cm³/mol. The molecular weight excluding hydrogens is 214 g/mol. The van der Waals surface area contributed by atoms with Crippen molar-refractivity contribution in [2.75, 3.05) is 13.2 Å². The second-order valence-corrected chi connectivity index (χ2v) is 4.03. The van der Waals surface area contributed by atoms with Crippen LogP contribution in [-0.2, 0) is 0 Å². The molecule has 0 saturated carbocycles. The van der Waals surface area contributed by atoms with Crippen LogP contribution in [0.4, 0.5) is 0 Å². The van der Waals surface area contributed by atoms with Crippen LogP contribution in [0.3, 0.4) is 0 Å². The Morgan fingerprint density at radius 1 is 1.35 bits per heavy atom. The van der Waals surface area contributed by atoms with Crippen molar-refractivity contribution >= 4 is 0 Å². The molecule has 4 nitrogen and oxygen atoms in total. The van der Waals surface area contributed by atoms with Gasteiger partial charge in [-0.1, -0.05) is 31.1 Å². The molecule has 1 aromatic carbocycles. The average Bonchev–Trinajstić information content (AvgIpc) is 2.38. The van der Waals surface area contributed by atoms with E-state index in [0.717, 1.165) is 18.6 Å². The van der Waals surface area contributed by atoms with Gasteiger partial charge in [-0.2, -0.15) is 0 Å². The minimum atomic E-state index is 0.488. The summed E-state index contributed by atoms with van der Waals surface area (Å²) in [5, 5.41) is 3.45. The highest BCUT2D eigenvalue weighted by Gasteiger charge is 2.02. The molecule has 0 aliphatic heterocycles. The molecule has 0 aliphatic carbocycles. The molecule has 1 rings (SSSR count). The molecule has 0 aliphatic rings. The molecule has 92 valence electrons.